The monoisotopic (exact) mass is 311 g/mol. The lowest BCUT2D eigenvalue weighted by Gasteiger charge is -2.30. The van der Waals surface area contributed by atoms with Gasteiger partial charge in [-0.05, 0) is 35.3 Å². The largest absolute Gasteiger partial charge is 0.312 e. The standard InChI is InChI=1S/C20H25NS/c1-15(2)22-20(13-16(3)21-14-20)19-11-9-18(10-12-19)17-7-5-4-6-8-17/h4-12,15-16,21H,13-14H2,1-3H3. The molecule has 1 saturated heterocycles. The van der Waals surface area contributed by atoms with E-state index in [0.717, 1.165) is 6.54 Å². The van der Waals surface area contributed by atoms with Crippen LogP contribution in [0.1, 0.15) is 32.8 Å². The molecule has 3 rings (SSSR count). The Morgan fingerprint density at radius 2 is 1.64 bits per heavy atom. The molecule has 2 heteroatoms. The molecule has 0 amide bonds. The number of thioether (sulfide) groups is 1. The van der Waals surface area contributed by atoms with Crippen molar-refractivity contribution in [3.63, 3.8) is 0 Å². The van der Waals surface area contributed by atoms with E-state index < -0.39 is 0 Å². The first-order valence-electron chi connectivity index (χ1n) is 8.16. The fourth-order valence-electron chi connectivity index (χ4n) is 3.40. The predicted octanol–water partition coefficient (Wildman–Crippen LogP) is 5.07. The highest BCUT2D eigenvalue weighted by Gasteiger charge is 2.39. The molecule has 1 N–H and O–H groups in total. The van der Waals surface area contributed by atoms with Gasteiger partial charge in [0.1, 0.15) is 0 Å². The summed E-state index contributed by atoms with van der Waals surface area (Å²) in [6.07, 6.45) is 1.21. The highest BCUT2D eigenvalue weighted by atomic mass is 32.2. The van der Waals surface area contributed by atoms with Gasteiger partial charge in [-0.25, -0.2) is 0 Å². The Bertz CT molecular complexity index is 605. The summed E-state index contributed by atoms with van der Waals surface area (Å²) in [4.78, 5) is 0. The van der Waals surface area contributed by atoms with Gasteiger partial charge in [-0.1, -0.05) is 68.4 Å². The number of hydrogen-bond donors (Lipinski definition) is 1. The van der Waals surface area contributed by atoms with E-state index in [1.165, 1.54) is 23.1 Å². The quantitative estimate of drug-likeness (QED) is 0.846. The molecule has 0 bridgehead atoms. The molecular weight excluding hydrogens is 286 g/mol. The van der Waals surface area contributed by atoms with Crippen LogP contribution in [0.3, 0.4) is 0 Å². The minimum Gasteiger partial charge on any atom is -0.312 e. The van der Waals surface area contributed by atoms with E-state index in [4.69, 9.17) is 0 Å². The Labute approximate surface area is 138 Å². The molecule has 1 aliphatic rings. The third-order valence-electron chi connectivity index (χ3n) is 4.35. The van der Waals surface area contributed by atoms with Crippen molar-refractivity contribution in [3.8, 4) is 11.1 Å². The van der Waals surface area contributed by atoms with E-state index in [2.05, 4.69) is 92.4 Å². The Balaban J connectivity index is 1.90. The molecule has 1 nitrogen and oxygen atoms in total. The van der Waals surface area contributed by atoms with E-state index in [1.54, 1.807) is 0 Å². The van der Waals surface area contributed by atoms with Gasteiger partial charge in [-0.2, -0.15) is 0 Å². The zero-order chi connectivity index (χ0) is 15.6. The second-order valence-corrected chi connectivity index (χ2v) is 8.55. The molecule has 0 aliphatic carbocycles. The summed E-state index contributed by atoms with van der Waals surface area (Å²) in [5.74, 6) is 0. The summed E-state index contributed by atoms with van der Waals surface area (Å²) in [6, 6.07) is 20.4. The van der Waals surface area contributed by atoms with Gasteiger partial charge < -0.3 is 5.32 Å². The molecule has 2 unspecified atom stereocenters. The summed E-state index contributed by atoms with van der Waals surface area (Å²) in [6.45, 7) is 7.96. The van der Waals surface area contributed by atoms with Crippen LogP contribution < -0.4 is 5.32 Å². The SMILES string of the molecule is CC1CC(SC(C)C)(c2ccc(-c3ccccc3)cc2)CN1. The number of hydrogen-bond acceptors (Lipinski definition) is 2. The Morgan fingerprint density at radius 1 is 1.00 bits per heavy atom. The normalized spacial score (nSPS) is 24.8. The molecule has 0 aromatic heterocycles. The van der Waals surface area contributed by atoms with E-state index in [0.29, 0.717) is 11.3 Å². The van der Waals surface area contributed by atoms with Crippen LogP contribution >= 0.6 is 11.8 Å². The molecule has 1 fully saturated rings. The average Bonchev–Trinajstić information content (AvgIpc) is 2.90. The maximum Gasteiger partial charge on any atom is 0.0549 e. The van der Waals surface area contributed by atoms with Gasteiger partial charge in [-0.3, -0.25) is 0 Å². The summed E-state index contributed by atoms with van der Waals surface area (Å²) >= 11 is 2.11. The summed E-state index contributed by atoms with van der Waals surface area (Å²) < 4.78 is 0.225. The summed E-state index contributed by atoms with van der Waals surface area (Å²) in [5, 5.41) is 4.28. The van der Waals surface area contributed by atoms with E-state index in [-0.39, 0.29) is 4.75 Å². The zero-order valence-electron chi connectivity index (χ0n) is 13.7. The van der Waals surface area contributed by atoms with Crippen molar-refractivity contribution in [2.45, 2.75) is 43.2 Å². The van der Waals surface area contributed by atoms with Crippen LogP contribution in [0.2, 0.25) is 0 Å². The van der Waals surface area contributed by atoms with Crippen LogP contribution in [-0.2, 0) is 4.75 Å². The van der Waals surface area contributed by atoms with Crippen LogP contribution in [0.4, 0.5) is 0 Å². The highest BCUT2D eigenvalue weighted by Crippen LogP contribution is 2.45. The van der Waals surface area contributed by atoms with Crippen molar-refractivity contribution in [1.29, 1.82) is 0 Å². The topological polar surface area (TPSA) is 12.0 Å². The summed E-state index contributed by atoms with van der Waals surface area (Å²) in [7, 11) is 0. The molecule has 116 valence electrons. The first-order chi connectivity index (χ1) is 10.6. The second-order valence-electron chi connectivity index (χ2n) is 6.59. The van der Waals surface area contributed by atoms with Crippen LogP contribution in [0.25, 0.3) is 11.1 Å². The molecule has 1 aliphatic heterocycles. The lowest BCUT2D eigenvalue weighted by Crippen LogP contribution is -2.27. The molecule has 2 aromatic carbocycles. The molecule has 0 spiro atoms. The third kappa shape index (κ3) is 3.23. The van der Waals surface area contributed by atoms with Gasteiger partial charge in [0.2, 0.25) is 0 Å². The van der Waals surface area contributed by atoms with E-state index >= 15 is 0 Å². The minimum atomic E-state index is 0.225. The van der Waals surface area contributed by atoms with Crippen LogP contribution in [0.5, 0.6) is 0 Å². The first-order valence-corrected chi connectivity index (χ1v) is 9.04. The number of benzene rings is 2. The van der Waals surface area contributed by atoms with Crippen molar-refractivity contribution < 1.29 is 0 Å². The molecule has 0 saturated carbocycles. The minimum absolute atomic E-state index is 0.225. The molecule has 0 radical (unpaired) electrons. The zero-order valence-corrected chi connectivity index (χ0v) is 14.5. The highest BCUT2D eigenvalue weighted by molar-refractivity contribution is 8.00. The average molecular weight is 311 g/mol. The van der Waals surface area contributed by atoms with Crippen molar-refractivity contribution in [1.82, 2.24) is 5.32 Å². The molecule has 22 heavy (non-hydrogen) atoms. The van der Waals surface area contributed by atoms with Gasteiger partial charge in [0, 0.05) is 12.6 Å². The smallest absolute Gasteiger partial charge is 0.0549 e. The van der Waals surface area contributed by atoms with Crippen molar-refractivity contribution in [3.05, 3.63) is 60.2 Å². The molecular formula is C20H25NS. The molecule has 1 heterocycles. The van der Waals surface area contributed by atoms with Gasteiger partial charge in [-0.15, -0.1) is 11.8 Å². The van der Waals surface area contributed by atoms with Crippen molar-refractivity contribution >= 4 is 11.8 Å². The predicted molar refractivity (Wildman–Crippen MR) is 98.4 cm³/mol. The third-order valence-corrected chi connectivity index (χ3v) is 5.82. The van der Waals surface area contributed by atoms with Gasteiger partial charge in [0.25, 0.3) is 0 Å². The fraction of sp³-hybridized carbons (Fsp3) is 0.400. The maximum absolute atomic E-state index is 3.64. The maximum atomic E-state index is 3.64. The molecule has 2 aromatic rings. The fourth-order valence-corrected chi connectivity index (χ4v) is 5.09. The van der Waals surface area contributed by atoms with E-state index in [1.807, 2.05) is 0 Å². The van der Waals surface area contributed by atoms with Gasteiger partial charge in [0.15, 0.2) is 0 Å². The molecule has 2 atom stereocenters. The van der Waals surface area contributed by atoms with Crippen LogP contribution in [-0.4, -0.2) is 17.8 Å². The number of rotatable bonds is 4. The number of nitrogens with one attached hydrogen (secondary N) is 1. The van der Waals surface area contributed by atoms with E-state index in [9.17, 15) is 0 Å². The van der Waals surface area contributed by atoms with Crippen molar-refractivity contribution in [2.24, 2.45) is 0 Å². The Hall–Kier alpha value is -1.25. The van der Waals surface area contributed by atoms with Gasteiger partial charge >= 0.3 is 0 Å². The van der Waals surface area contributed by atoms with Gasteiger partial charge in [0.05, 0.1) is 4.75 Å². The van der Waals surface area contributed by atoms with Crippen molar-refractivity contribution in [2.75, 3.05) is 6.54 Å². The lowest BCUT2D eigenvalue weighted by molar-refractivity contribution is 0.642. The summed E-state index contributed by atoms with van der Waals surface area (Å²) in [5.41, 5.74) is 4.05. The lowest BCUT2D eigenvalue weighted by atomic mass is 9.93. The van der Waals surface area contributed by atoms with Crippen LogP contribution in [0.15, 0.2) is 54.6 Å². The second kappa shape index (κ2) is 6.47. The Kier molecular flexibility index (Phi) is 4.60. The first kappa shape index (κ1) is 15.6. The Morgan fingerprint density at radius 3 is 2.18 bits per heavy atom. The van der Waals surface area contributed by atoms with Crippen LogP contribution in [0, 0.1) is 0 Å².